The Balaban J connectivity index is 1.68. The van der Waals surface area contributed by atoms with Crippen LogP contribution in [0, 0.1) is 6.92 Å². The maximum Gasteiger partial charge on any atom is 0.316 e. The lowest BCUT2D eigenvalue weighted by Crippen LogP contribution is -2.41. The van der Waals surface area contributed by atoms with E-state index in [4.69, 9.17) is 4.74 Å². The number of hydrogen-bond acceptors (Lipinski definition) is 7. The number of anilines is 2. The first-order valence-electron chi connectivity index (χ1n) is 7.81. The summed E-state index contributed by atoms with van der Waals surface area (Å²) >= 11 is 0. The minimum Gasteiger partial charge on any atom is -0.458 e. The predicted octanol–water partition coefficient (Wildman–Crippen LogP) is 1.69. The molecule has 1 fully saturated rings. The smallest absolute Gasteiger partial charge is 0.316 e. The third-order valence-electron chi connectivity index (χ3n) is 3.83. The highest BCUT2D eigenvalue weighted by molar-refractivity contribution is 5.49. The maximum atomic E-state index is 5.92. The molecule has 1 unspecified atom stereocenters. The summed E-state index contributed by atoms with van der Waals surface area (Å²) in [5.41, 5.74) is 1.03. The Morgan fingerprint density at radius 1 is 1.17 bits per heavy atom. The topological polar surface area (TPSA) is 67.3 Å². The van der Waals surface area contributed by atoms with Crippen LogP contribution in [0.15, 0.2) is 24.8 Å². The first-order valence-corrected chi connectivity index (χ1v) is 7.81. The van der Waals surface area contributed by atoms with Gasteiger partial charge < -0.3 is 14.5 Å². The minimum atomic E-state index is 0.0734. The molecule has 1 aliphatic rings. The molecule has 0 saturated carbocycles. The number of ether oxygens (including phenoxy) is 1. The van der Waals surface area contributed by atoms with Gasteiger partial charge in [0.2, 0.25) is 0 Å². The molecule has 0 amide bonds. The van der Waals surface area contributed by atoms with E-state index < -0.39 is 0 Å². The zero-order valence-corrected chi connectivity index (χ0v) is 13.8. The van der Waals surface area contributed by atoms with Crippen LogP contribution in [0.4, 0.5) is 11.6 Å². The van der Waals surface area contributed by atoms with E-state index in [-0.39, 0.29) is 6.10 Å². The summed E-state index contributed by atoms with van der Waals surface area (Å²) in [6.07, 6.45) is 7.28. The molecule has 1 aliphatic heterocycles. The Morgan fingerprint density at radius 3 is 2.70 bits per heavy atom. The molecule has 3 rings (SSSR count). The first kappa shape index (κ1) is 15.5. The van der Waals surface area contributed by atoms with E-state index in [2.05, 4.69) is 24.8 Å². The summed E-state index contributed by atoms with van der Waals surface area (Å²) in [4.78, 5) is 21.3. The van der Waals surface area contributed by atoms with Gasteiger partial charge in [-0.15, -0.1) is 0 Å². The average molecular weight is 314 g/mol. The first-order chi connectivity index (χ1) is 11.1. The Kier molecular flexibility index (Phi) is 4.55. The van der Waals surface area contributed by atoms with Gasteiger partial charge in [-0.3, -0.25) is 0 Å². The van der Waals surface area contributed by atoms with Gasteiger partial charge in [0.15, 0.2) is 0 Å². The number of nitrogens with zero attached hydrogens (tertiary/aromatic N) is 6. The van der Waals surface area contributed by atoms with E-state index in [1.54, 1.807) is 18.7 Å². The van der Waals surface area contributed by atoms with Crippen molar-refractivity contribution in [1.82, 2.24) is 19.9 Å². The van der Waals surface area contributed by atoms with Crippen molar-refractivity contribution in [1.29, 1.82) is 0 Å². The van der Waals surface area contributed by atoms with Crippen LogP contribution in [-0.4, -0.2) is 53.2 Å². The van der Waals surface area contributed by atoms with E-state index in [1.165, 1.54) is 0 Å². The number of hydrogen-bond donors (Lipinski definition) is 0. The Morgan fingerprint density at radius 2 is 1.96 bits per heavy atom. The zero-order chi connectivity index (χ0) is 16.2. The normalized spacial score (nSPS) is 17.9. The molecule has 0 aromatic carbocycles. The Hall–Kier alpha value is -2.44. The standard InChI is InChI=1S/C16H22N6O/c1-12-8-17-16(18-9-12)23-13-5-4-6-22(10-13)15-7-14(21(2)3)19-11-20-15/h7-9,11,13H,4-6,10H2,1-3H3. The zero-order valence-electron chi connectivity index (χ0n) is 13.8. The van der Waals surface area contributed by atoms with E-state index in [0.29, 0.717) is 6.01 Å². The van der Waals surface area contributed by atoms with Crippen LogP contribution < -0.4 is 14.5 Å². The van der Waals surface area contributed by atoms with Crippen LogP contribution in [0.25, 0.3) is 0 Å². The molecule has 2 aromatic heterocycles. The molecule has 7 nitrogen and oxygen atoms in total. The highest BCUT2D eigenvalue weighted by atomic mass is 16.5. The third kappa shape index (κ3) is 3.85. The number of rotatable bonds is 4. The largest absolute Gasteiger partial charge is 0.458 e. The summed E-state index contributed by atoms with van der Waals surface area (Å²) < 4.78 is 5.92. The molecule has 0 spiro atoms. The van der Waals surface area contributed by atoms with Gasteiger partial charge in [-0.25, -0.2) is 19.9 Å². The molecule has 23 heavy (non-hydrogen) atoms. The molecule has 122 valence electrons. The second kappa shape index (κ2) is 6.76. The van der Waals surface area contributed by atoms with Crippen LogP contribution in [0.2, 0.25) is 0 Å². The van der Waals surface area contributed by atoms with Crippen LogP contribution in [-0.2, 0) is 0 Å². The van der Waals surface area contributed by atoms with Crippen LogP contribution in [0.3, 0.4) is 0 Å². The van der Waals surface area contributed by atoms with Crippen molar-refractivity contribution in [3.63, 3.8) is 0 Å². The van der Waals surface area contributed by atoms with Gasteiger partial charge in [0, 0.05) is 39.1 Å². The van der Waals surface area contributed by atoms with Gasteiger partial charge in [-0.2, -0.15) is 0 Å². The van der Waals surface area contributed by atoms with Crippen molar-refractivity contribution in [2.75, 3.05) is 37.0 Å². The van der Waals surface area contributed by atoms with Gasteiger partial charge in [0.25, 0.3) is 0 Å². The average Bonchev–Trinajstić information content (AvgIpc) is 2.57. The summed E-state index contributed by atoms with van der Waals surface area (Å²) in [7, 11) is 3.95. The monoisotopic (exact) mass is 314 g/mol. The molecule has 7 heteroatoms. The lowest BCUT2D eigenvalue weighted by Gasteiger charge is -2.33. The molecule has 3 heterocycles. The van der Waals surface area contributed by atoms with Crippen molar-refractivity contribution >= 4 is 11.6 Å². The third-order valence-corrected chi connectivity index (χ3v) is 3.83. The second-order valence-corrected chi connectivity index (χ2v) is 6.00. The molecule has 0 bridgehead atoms. The van der Waals surface area contributed by atoms with E-state index >= 15 is 0 Å². The fraction of sp³-hybridized carbons (Fsp3) is 0.500. The SMILES string of the molecule is Cc1cnc(OC2CCCN(c3cc(N(C)C)ncn3)C2)nc1. The highest BCUT2D eigenvalue weighted by Crippen LogP contribution is 2.22. The molecule has 1 saturated heterocycles. The lowest BCUT2D eigenvalue weighted by molar-refractivity contribution is 0.164. The number of aryl methyl sites for hydroxylation is 1. The van der Waals surface area contributed by atoms with Crippen molar-refractivity contribution in [2.45, 2.75) is 25.9 Å². The summed E-state index contributed by atoms with van der Waals surface area (Å²) in [6, 6.07) is 2.45. The number of piperidine rings is 1. The van der Waals surface area contributed by atoms with Gasteiger partial charge in [0.1, 0.15) is 24.1 Å². The fourth-order valence-corrected chi connectivity index (χ4v) is 2.59. The van der Waals surface area contributed by atoms with Crippen molar-refractivity contribution in [3.8, 4) is 6.01 Å². The van der Waals surface area contributed by atoms with Crippen LogP contribution in [0.1, 0.15) is 18.4 Å². The number of aromatic nitrogens is 4. The Bertz CT molecular complexity index is 645. The van der Waals surface area contributed by atoms with E-state index in [0.717, 1.165) is 43.1 Å². The predicted molar refractivity (Wildman–Crippen MR) is 89.0 cm³/mol. The fourth-order valence-electron chi connectivity index (χ4n) is 2.59. The van der Waals surface area contributed by atoms with E-state index in [9.17, 15) is 0 Å². The van der Waals surface area contributed by atoms with E-state index in [1.807, 2.05) is 32.0 Å². The Labute approximate surface area is 136 Å². The van der Waals surface area contributed by atoms with Gasteiger partial charge >= 0.3 is 6.01 Å². The highest BCUT2D eigenvalue weighted by Gasteiger charge is 2.23. The van der Waals surface area contributed by atoms with Crippen LogP contribution in [0.5, 0.6) is 6.01 Å². The second-order valence-electron chi connectivity index (χ2n) is 6.00. The van der Waals surface area contributed by atoms with Gasteiger partial charge in [0.05, 0.1) is 6.54 Å². The molecule has 0 radical (unpaired) electrons. The van der Waals surface area contributed by atoms with Crippen molar-refractivity contribution < 1.29 is 4.74 Å². The molecular weight excluding hydrogens is 292 g/mol. The molecule has 0 aliphatic carbocycles. The molecule has 2 aromatic rings. The minimum absolute atomic E-state index is 0.0734. The van der Waals surface area contributed by atoms with Gasteiger partial charge in [-0.05, 0) is 25.3 Å². The molecule has 1 atom stereocenters. The molecular formula is C16H22N6O. The summed E-state index contributed by atoms with van der Waals surface area (Å²) in [5.74, 6) is 1.83. The quantitative estimate of drug-likeness (QED) is 0.850. The van der Waals surface area contributed by atoms with Crippen molar-refractivity contribution in [3.05, 3.63) is 30.4 Å². The maximum absolute atomic E-state index is 5.92. The van der Waals surface area contributed by atoms with Gasteiger partial charge in [-0.1, -0.05) is 0 Å². The lowest BCUT2D eigenvalue weighted by atomic mass is 10.1. The van der Waals surface area contributed by atoms with Crippen LogP contribution >= 0.6 is 0 Å². The van der Waals surface area contributed by atoms with Crippen molar-refractivity contribution in [2.24, 2.45) is 0 Å². The summed E-state index contributed by atoms with van der Waals surface area (Å²) in [6.45, 7) is 3.71. The summed E-state index contributed by atoms with van der Waals surface area (Å²) in [5, 5.41) is 0. The molecule has 0 N–H and O–H groups in total.